The normalized spacial score (nSPS) is 21.4. The second-order valence-electron chi connectivity index (χ2n) is 5.77. The molecule has 0 saturated carbocycles. The molecule has 0 saturated heterocycles. The standard InChI is InChI=1S/C18H20BrN/c1-12-7-10-18(16-6-4-3-5-15(12)16)20-14-8-9-17(19)13(2)11-14/h3-6,8-9,11-12,18,20H,7,10H2,1-2H3. The van der Waals surface area contributed by atoms with Crippen LogP contribution < -0.4 is 5.32 Å². The summed E-state index contributed by atoms with van der Waals surface area (Å²) in [5, 5.41) is 3.70. The molecule has 0 bridgehead atoms. The molecule has 1 N–H and O–H groups in total. The molecule has 0 radical (unpaired) electrons. The number of nitrogens with one attached hydrogen (secondary N) is 1. The van der Waals surface area contributed by atoms with Crippen LogP contribution in [0.25, 0.3) is 0 Å². The van der Waals surface area contributed by atoms with Gasteiger partial charge in [0.2, 0.25) is 0 Å². The van der Waals surface area contributed by atoms with Crippen LogP contribution in [0.2, 0.25) is 0 Å². The van der Waals surface area contributed by atoms with Gasteiger partial charge in [0.1, 0.15) is 0 Å². The smallest absolute Gasteiger partial charge is 0.0516 e. The molecule has 20 heavy (non-hydrogen) atoms. The molecule has 0 aliphatic heterocycles. The van der Waals surface area contributed by atoms with Crippen molar-refractivity contribution >= 4 is 21.6 Å². The molecule has 3 rings (SSSR count). The monoisotopic (exact) mass is 329 g/mol. The van der Waals surface area contributed by atoms with Gasteiger partial charge in [0, 0.05) is 10.2 Å². The predicted octanol–water partition coefficient (Wildman–Crippen LogP) is 5.81. The number of hydrogen-bond acceptors (Lipinski definition) is 1. The van der Waals surface area contributed by atoms with E-state index in [1.165, 1.54) is 39.7 Å². The van der Waals surface area contributed by atoms with Crippen molar-refractivity contribution in [3.63, 3.8) is 0 Å². The number of rotatable bonds is 2. The zero-order valence-corrected chi connectivity index (χ0v) is 13.6. The van der Waals surface area contributed by atoms with Gasteiger partial charge in [0.25, 0.3) is 0 Å². The molecule has 2 heteroatoms. The minimum Gasteiger partial charge on any atom is -0.378 e. The molecule has 1 aliphatic carbocycles. The molecule has 0 fully saturated rings. The Labute approximate surface area is 129 Å². The van der Waals surface area contributed by atoms with Gasteiger partial charge in [0.15, 0.2) is 0 Å². The second kappa shape index (κ2) is 5.61. The Morgan fingerprint density at radius 2 is 1.80 bits per heavy atom. The summed E-state index contributed by atoms with van der Waals surface area (Å²) in [5.41, 5.74) is 5.45. The van der Waals surface area contributed by atoms with E-state index in [1.807, 2.05) is 0 Å². The highest BCUT2D eigenvalue weighted by Gasteiger charge is 2.24. The number of aryl methyl sites for hydroxylation is 1. The highest BCUT2D eigenvalue weighted by Crippen LogP contribution is 2.38. The highest BCUT2D eigenvalue weighted by molar-refractivity contribution is 9.10. The summed E-state index contributed by atoms with van der Waals surface area (Å²) in [7, 11) is 0. The van der Waals surface area contributed by atoms with Crippen LogP contribution in [0.5, 0.6) is 0 Å². The van der Waals surface area contributed by atoms with Crippen molar-refractivity contribution in [1.82, 2.24) is 0 Å². The summed E-state index contributed by atoms with van der Waals surface area (Å²) in [6.45, 7) is 4.46. The van der Waals surface area contributed by atoms with Gasteiger partial charge < -0.3 is 5.32 Å². The predicted molar refractivity (Wildman–Crippen MR) is 89.3 cm³/mol. The molecule has 2 aromatic carbocycles. The van der Waals surface area contributed by atoms with E-state index in [4.69, 9.17) is 0 Å². The maximum Gasteiger partial charge on any atom is 0.0516 e. The lowest BCUT2D eigenvalue weighted by Gasteiger charge is -2.31. The number of hydrogen-bond donors (Lipinski definition) is 1. The third kappa shape index (κ3) is 2.62. The molecule has 1 aliphatic rings. The van der Waals surface area contributed by atoms with Crippen LogP contribution in [0.4, 0.5) is 5.69 Å². The second-order valence-corrected chi connectivity index (χ2v) is 6.62. The third-order valence-electron chi connectivity index (χ3n) is 4.29. The van der Waals surface area contributed by atoms with Gasteiger partial charge in [-0.1, -0.05) is 47.1 Å². The fourth-order valence-electron chi connectivity index (χ4n) is 3.09. The van der Waals surface area contributed by atoms with E-state index in [9.17, 15) is 0 Å². The first-order valence-corrected chi connectivity index (χ1v) is 8.06. The number of fused-ring (bicyclic) bond motifs is 1. The van der Waals surface area contributed by atoms with Crippen molar-refractivity contribution in [3.05, 3.63) is 63.6 Å². The minimum atomic E-state index is 0.433. The average molecular weight is 330 g/mol. The van der Waals surface area contributed by atoms with Gasteiger partial charge >= 0.3 is 0 Å². The largest absolute Gasteiger partial charge is 0.378 e. The Hall–Kier alpha value is -1.28. The summed E-state index contributed by atoms with van der Waals surface area (Å²) >= 11 is 3.56. The highest BCUT2D eigenvalue weighted by atomic mass is 79.9. The van der Waals surface area contributed by atoms with E-state index >= 15 is 0 Å². The molecule has 2 unspecified atom stereocenters. The molecular weight excluding hydrogens is 310 g/mol. The van der Waals surface area contributed by atoms with Crippen molar-refractivity contribution in [2.45, 2.75) is 38.6 Å². The quantitative estimate of drug-likeness (QED) is 0.733. The number of anilines is 1. The molecular formula is C18H20BrN. The Kier molecular flexibility index (Phi) is 3.84. The van der Waals surface area contributed by atoms with Gasteiger partial charge in [-0.05, 0) is 60.6 Å². The minimum absolute atomic E-state index is 0.433. The van der Waals surface area contributed by atoms with Crippen LogP contribution in [0, 0.1) is 6.92 Å². The fourth-order valence-corrected chi connectivity index (χ4v) is 3.34. The lowest BCUT2D eigenvalue weighted by Crippen LogP contribution is -2.19. The van der Waals surface area contributed by atoms with Crippen LogP contribution in [0.3, 0.4) is 0 Å². The molecule has 2 atom stereocenters. The average Bonchev–Trinajstić information content (AvgIpc) is 2.46. The Morgan fingerprint density at radius 3 is 2.55 bits per heavy atom. The molecule has 0 amide bonds. The van der Waals surface area contributed by atoms with Gasteiger partial charge in [0.05, 0.1) is 6.04 Å². The zero-order chi connectivity index (χ0) is 14.1. The lowest BCUT2D eigenvalue weighted by molar-refractivity contribution is 0.534. The topological polar surface area (TPSA) is 12.0 Å². The summed E-state index contributed by atoms with van der Waals surface area (Å²) < 4.78 is 1.17. The maximum atomic E-state index is 3.70. The first kappa shape index (κ1) is 13.7. The van der Waals surface area contributed by atoms with Crippen molar-refractivity contribution in [2.24, 2.45) is 0 Å². The van der Waals surface area contributed by atoms with Crippen LogP contribution in [-0.4, -0.2) is 0 Å². The van der Waals surface area contributed by atoms with Crippen molar-refractivity contribution in [3.8, 4) is 0 Å². The summed E-state index contributed by atoms with van der Waals surface area (Å²) in [6.07, 6.45) is 2.46. The molecule has 0 aromatic heterocycles. The first-order chi connectivity index (χ1) is 9.65. The maximum absolute atomic E-state index is 3.70. The Bertz CT molecular complexity index is 621. The van der Waals surface area contributed by atoms with Crippen molar-refractivity contribution in [2.75, 3.05) is 5.32 Å². The molecule has 0 heterocycles. The van der Waals surface area contributed by atoms with Gasteiger partial charge in [-0.25, -0.2) is 0 Å². The summed E-state index contributed by atoms with van der Waals surface area (Å²) in [6, 6.07) is 15.8. The lowest BCUT2D eigenvalue weighted by atomic mass is 9.81. The van der Waals surface area contributed by atoms with Crippen LogP contribution >= 0.6 is 15.9 Å². The van der Waals surface area contributed by atoms with Gasteiger partial charge in [-0.2, -0.15) is 0 Å². The SMILES string of the molecule is Cc1cc(NC2CCC(C)c3ccccc32)ccc1Br. The third-order valence-corrected chi connectivity index (χ3v) is 5.18. The molecule has 0 spiro atoms. The first-order valence-electron chi connectivity index (χ1n) is 7.26. The van der Waals surface area contributed by atoms with Crippen LogP contribution in [0.15, 0.2) is 46.9 Å². The molecule has 104 valence electrons. The number of halogens is 1. The van der Waals surface area contributed by atoms with Crippen LogP contribution in [-0.2, 0) is 0 Å². The van der Waals surface area contributed by atoms with Crippen molar-refractivity contribution in [1.29, 1.82) is 0 Å². The van der Waals surface area contributed by atoms with E-state index in [2.05, 4.69) is 77.6 Å². The Morgan fingerprint density at radius 1 is 1.05 bits per heavy atom. The number of benzene rings is 2. The van der Waals surface area contributed by atoms with E-state index < -0.39 is 0 Å². The van der Waals surface area contributed by atoms with Gasteiger partial charge in [-0.15, -0.1) is 0 Å². The van der Waals surface area contributed by atoms with E-state index in [1.54, 1.807) is 0 Å². The fraction of sp³-hybridized carbons (Fsp3) is 0.333. The van der Waals surface area contributed by atoms with Crippen LogP contribution in [0.1, 0.15) is 48.4 Å². The van der Waals surface area contributed by atoms with E-state index in [0.29, 0.717) is 12.0 Å². The zero-order valence-electron chi connectivity index (χ0n) is 12.0. The van der Waals surface area contributed by atoms with E-state index in [-0.39, 0.29) is 0 Å². The summed E-state index contributed by atoms with van der Waals surface area (Å²) in [5.74, 6) is 0.677. The van der Waals surface area contributed by atoms with E-state index in [0.717, 1.165) is 0 Å². The van der Waals surface area contributed by atoms with Crippen molar-refractivity contribution < 1.29 is 0 Å². The molecule has 1 nitrogen and oxygen atoms in total. The molecule has 2 aromatic rings. The summed E-state index contributed by atoms with van der Waals surface area (Å²) in [4.78, 5) is 0. The van der Waals surface area contributed by atoms with Gasteiger partial charge in [-0.3, -0.25) is 0 Å². The Balaban J connectivity index is 1.88.